The quantitative estimate of drug-likeness (QED) is 0.784. The number of benzene rings is 2. The second kappa shape index (κ2) is 10.4. The van der Waals surface area contributed by atoms with Crippen molar-refractivity contribution in [2.75, 3.05) is 46.4 Å². The summed E-state index contributed by atoms with van der Waals surface area (Å²) in [6.45, 7) is 3.87. The fourth-order valence-electron chi connectivity index (χ4n) is 3.22. The van der Waals surface area contributed by atoms with Gasteiger partial charge in [0.15, 0.2) is 0 Å². The van der Waals surface area contributed by atoms with Gasteiger partial charge >= 0.3 is 0 Å². The summed E-state index contributed by atoms with van der Waals surface area (Å²) in [5.74, 6) is 0.282. The Labute approximate surface area is 171 Å². The minimum absolute atomic E-state index is 0.00392. The Morgan fingerprint density at radius 2 is 1.79 bits per heavy atom. The van der Waals surface area contributed by atoms with Crippen molar-refractivity contribution in [2.45, 2.75) is 0 Å². The van der Waals surface area contributed by atoms with E-state index >= 15 is 0 Å². The van der Waals surface area contributed by atoms with Gasteiger partial charge in [-0.25, -0.2) is 0 Å². The van der Waals surface area contributed by atoms with E-state index in [1.807, 2.05) is 23.1 Å². The van der Waals surface area contributed by atoms with E-state index in [2.05, 4.69) is 34.5 Å². The van der Waals surface area contributed by atoms with E-state index in [1.54, 1.807) is 31.4 Å². The third-order valence-electron chi connectivity index (χ3n) is 4.93. The lowest BCUT2D eigenvalue weighted by molar-refractivity contribution is -0.131. The van der Waals surface area contributed by atoms with Crippen LogP contribution in [0.4, 0.5) is 0 Å². The second-order valence-electron chi connectivity index (χ2n) is 6.91. The van der Waals surface area contributed by atoms with Gasteiger partial charge in [-0.05, 0) is 23.8 Å². The molecule has 0 spiro atoms. The lowest BCUT2D eigenvalue weighted by Gasteiger charge is -2.34. The lowest BCUT2D eigenvalue weighted by Crippen LogP contribution is -2.51. The molecule has 0 bridgehead atoms. The van der Waals surface area contributed by atoms with Gasteiger partial charge in [-0.15, -0.1) is 0 Å². The molecule has 1 heterocycles. The van der Waals surface area contributed by atoms with Crippen LogP contribution in [-0.4, -0.2) is 68.0 Å². The van der Waals surface area contributed by atoms with Crippen LogP contribution in [-0.2, 0) is 4.79 Å². The highest BCUT2D eigenvalue weighted by Crippen LogP contribution is 2.12. The van der Waals surface area contributed by atoms with Crippen molar-refractivity contribution in [3.63, 3.8) is 0 Å². The number of carbonyl (C=O) groups is 2. The largest absolute Gasteiger partial charge is 0.497 e. The van der Waals surface area contributed by atoms with Crippen molar-refractivity contribution in [2.24, 2.45) is 0 Å². The molecule has 6 heteroatoms. The first-order valence-corrected chi connectivity index (χ1v) is 9.79. The third-order valence-corrected chi connectivity index (χ3v) is 4.93. The molecule has 0 saturated carbocycles. The van der Waals surface area contributed by atoms with E-state index in [0.29, 0.717) is 24.4 Å². The molecule has 0 aliphatic carbocycles. The molecule has 6 nitrogen and oxygen atoms in total. The fourth-order valence-corrected chi connectivity index (χ4v) is 3.22. The van der Waals surface area contributed by atoms with E-state index in [9.17, 15) is 9.59 Å². The van der Waals surface area contributed by atoms with Crippen molar-refractivity contribution < 1.29 is 14.3 Å². The number of nitrogens with zero attached hydrogens (tertiary/aromatic N) is 2. The predicted molar refractivity (Wildman–Crippen MR) is 114 cm³/mol. The van der Waals surface area contributed by atoms with Crippen LogP contribution in [0.1, 0.15) is 15.9 Å². The van der Waals surface area contributed by atoms with Crippen LogP contribution >= 0.6 is 0 Å². The van der Waals surface area contributed by atoms with E-state index < -0.39 is 0 Å². The molecule has 0 radical (unpaired) electrons. The summed E-state index contributed by atoms with van der Waals surface area (Å²) in [7, 11) is 1.55. The molecule has 1 fully saturated rings. The van der Waals surface area contributed by atoms with Crippen LogP contribution in [0.3, 0.4) is 0 Å². The number of methoxy groups -OCH3 is 1. The van der Waals surface area contributed by atoms with Gasteiger partial charge in [-0.1, -0.05) is 48.6 Å². The first-order valence-electron chi connectivity index (χ1n) is 9.79. The minimum atomic E-state index is -0.276. The molecule has 0 unspecified atom stereocenters. The average Bonchev–Trinajstić information content (AvgIpc) is 2.78. The van der Waals surface area contributed by atoms with Gasteiger partial charge in [0.25, 0.3) is 5.91 Å². The summed E-state index contributed by atoms with van der Waals surface area (Å²) < 4.78 is 5.12. The first-order chi connectivity index (χ1) is 14.2. The van der Waals surface area contributed by atoms with E-state index in [4.69, 9.17) is 4.74 Å². The Bertz CT molecular complexity index is 843. The van der Waals surface area contributed by atoms with Crippen molar-refractivity contribution in [1.82, 2.24) is 15.1 Å². The van der Waals surface area contributed by atoms with Gasteiger partial charge in [0.05, 0.1) is 13.7 Å². The summed E-state index contributed by atoms with van der Waals surface area (Å²) in [5, 5.41) is 2.70. The molecule has 1 saturated heterocycles. The number of amides is 2. The van der Waals surface area contributed by atoms with E-state index in [1.165, 1.54) is 5.56 Å². The molecule has 1 aliphatic heterocycles. The van der Waals surface area contributed by atoms with Gasteiger partial charge in [-0.2, -0.15) is 0 Å². The lowest BCUT2D eigenvalue weighted by atomic mass is 10.2. The molecular formula is C23H27N3O3. The number of hydrogen-bond acceptors (Lipinski definition) is 4. The van der Waals surface area contributed by atoms with Crippen molar-refractivity contribution in [3.8, 4) is 5.75 Å². The van der Waals surface area contributed by atoms with E-state index in [0.717, 1.165) is 19.6 Å². The zero-order valence-electron chi connectivity index (χ0n) is 16.7. The summed E-state index contributed by atoms with van der Waals surface area (Å²) >= 11 is 0. The van der Waals surface area contributed by atoms with Crippen molar-refractivity contribution in [1.29, 1.82) is 0 Å². The average molecular weight is 393 g/mol. The molecule has 1 N–H and O–H groups in total. The van der Waals surface area contributed by atoms with E-state index in [-0.39, 0.29) is 18.4 Å². The third kappa shape index (κ3) is 6.19. The van der Waals surface area contributed by atoms with Crippen LogP contribution in [0.25, 0.3) is 6.08 Å². The minimum Gasteiger partial charge on any atom is -0.497 e. The van der Waals surface area contributed by atoms with Crippen LogP contribution in [0.2, 0.25) is 0 Å². The SMILES string of the molecule is COc1cccc(C(=O)NCC(=O)N2CCN(C/C=C/c3ccccc3)CC2)c1. The molecule has 2 aromatic carbocycles. The Morgan fingerprint density at radius 3 is 2.52 bits per heavy atom. The summed E-state index contributed by atoms with van der Waals surface area (Å²) in [6, 6.07) is 17.1. The highest BCUT2D eigenvalue weighted by atomic mass is 16.5. The highest BCUT2D eigenvalue weighted by molar-refractivity contribution is 5.96. The Kier molecular flexibility index (Phi) is 7.41. The maximum Gasteiger partial charge on any atom is 0.251 e. The molecule has 2 amide bonds. The first kappa shape index (κ1) is 20.6. The highest BCUT2D eigenvalue weighted by Gasteiger charge is 2.20. The monoisotopic (exact) mass is 393 g/mol. The summed E-state index contributed by atoms with van der Waals surface area (Å²) in [6.07, 6.45) is 4.27. The smallest absolute Gasteiger partial charge is 0.251 e. The second-order valence-corrected chi connectivity index (χ2v) is 6.91. The number of nitrogens with one attached hydrogen (secondary N) is 1. The van der Waals surface area contributed by atoms with Gasteiger partial charge in [-0.3, -0.25) is 14.5 Å². The van der Waals surface area contributed by atoms with Crippen LogP contribution in [0, 0.1) is 0 Å². The molecule has 2 aromatic rings. The van der Waals surface area contributed by atoms with Gasteiger partial charge in [0.2, 0.25) is 5.91 Å². The zero-order chi connectivity index (χ0) is 20.5. The Hall–Kier alpha value is -3.12. The Balaban J connectivity index is 1.39. The molecular weight excluding hydrogens is 366 g/mol. The van der Waals surface area contributed by atoms with Gasteiger partial charge < -0.3 is 15.0 Å². The number of carbonyl (C=O) groups excluding carboxylic acids is 2. The number of hydrogen-bond donors (Lipinski definition) is 1. The molecule has 152 valence electrons. The topological polar surface area (TPSA) is 61.9 Å². The fraction of sp³-hybridized carbons (Fsp3) is 0.304. The molecule has 3 rings (SSSR count). The summed E-state index contributed by atoms with van der Waals surface area (Å²) in [5.41, 5.74) is 1.67. The maximum atomic E-state index is 12.4. The van der Waals surface area contributed by atoms with Gasteiger partial charge in [0.1, 0.15) is 5.75 Å². The molecule has 29 heavy (non-hydrogen) atoms. The van der Waals surface area contributed by atoms with Crippen LogP contribution in [0.5, 0.6) is 5.75 Å². The standard InChI is InChI=1S/C23H27N3O3/c1-29-21-11-5-10-20(17-21)23(28)24-18-22(27)26-15-13-25(14-16-26)12-6-9-19-7-3-2-4-8-19/h2-11,17H,12-16,18H2,1H3,(H,24,28)/b9-6+. The Morgan fingerprint density at radius 1 is 1.03 bits per heavy atom. The summed E-state index contributed by atoms with van der Waals surface area (Å²) in [4.78, 5) is 28.8. The van der Waals surface area contributed by atoms with Crippen molar-refractivity contribution in [3.05, 3.63) is 71.8 Å². The molecule has 0 aromatic heterocycles. The predicted octanol–water partition coefficient (Wildman–Crippen LogP) is 2.28. The van der Waals surface area contributed by atoms with Crippen molar-refractivity contribution >= 4 is 17.9 Å². The zero-order valence-corrected chi connectivity index (χ0v) is 16.7. The van der Waals surface area contributed by atoms with Gasteiger partial charge in [0, 0.05) is 38.3 Å². The normalized spacial score (nSPS) is 14.7. The molecule has 1 aliphatic rings. The van der Waals surface area contributed by atoms with Crippen LogP contribution in [0.15, 0.2) is 60.7 Å². The maximum absolute atomic E-state index is 12.4. The molecule has 0 atom stereocenters. The van der Waals surface area contributed by atoms with Crippen LogP contribution < -0.4 is 10.1 Å². The number of rotatable bonds is 7. The number of ether oxygens (including phenoxy) is 1. The number of piperazine rings is 1.